The third-order valence-electron chi connectivity index (χ3n) is 4.38. The van der Waals surface area contributed by atoms with Gasteiger partial charge in [0.15, 0.2) is 11.5 Å². The average Bonchev–Trinajstić information content (AvgIpc) is 2.65. The van der Waals surface area contributed by atoms with Gasteiger partial charge in [-0.25, -0.2) is 4.79 Å². The van der Waals surface area contributed by atoms with Crippen molar-refractivity contribution in [2.75, 3.05) is 13.2 Å². The molecule has 3 atom stereocenters. The lowest BCUT2D eigenvalue weighted by atomic mass is 10.0. The molecule has 1 unspecified atom stereocenters. The summed E-state index contributed by atoms with van der Waals surface area (Å²) in [4.78, 5) is 11.0. The van der Waals surface area contributed by atoms with Gasteiger partial charge in [0.05, 0.1) is 6.10 Å². The molecule has 1 aliphatic heterocycles. The number of carboxylic acids is 1. The number of nitrogens with one attached hydrogen (secondary N) is 1. The number of ether oxygens (including phenoxy) is 2. The van der Waals surface area contributed by atoms with Gasteiger partial charge in [-0.05, 0) is 48.7 Å². The normalized spacial score (nSPS) is 18.0. The zero-order valence-electron chi connectivity index (χ0n) is 14.9. The first-order chi connectivity index (χ1) is 12.9. The highest BCUT2D eigenvalue weighted by Gasteiger charge is 2.27. The largest absolute Gasteiger partial charge is 0.485 e. The number of carbonyl (C=O) groups is 1. The van der Waals surface area contributed by atoms with Crippen molar-refractivity contribution in [3.05, 3.63) is 58.6 Å². The van der Waals surface area contributed by atoms with Gasteiger partial charge in [-0.1, -0.05) is 29.8 Å². The van der Waals surface area contributed by atoms with Crippen LogP contribution in [0.2, 0.25) is 5.02 Å². The van der Waals surface area contributed by atoms with E-state index in [4.69, 9.17) is 26.2 Å². The van der Waals surface area contributed by atoms with Crippen LogP contribution in [-0.2, 0) is 11.2 Å². The molecule has 2 aromatic carbocycles. The lowest BCUT2D eigenvalue weighted by molar-refractivity contribution is -0.147. The lowest BCUT2D eigenvalue weighted by Gasteiger charge is -2.24. The van der Waals surface area contributed by atoms with Crippen molar-refractivity contribution in [1.82, 2.24) is 5.32 Å². The van der Waals surface area contributed by atoms with E-state index < -0.39 is 18.2 Å². The van der Waals surface area contributed by atoms with Crippen molar-refractivity contribution in [2.45, 2.75) is 31.6 Å². The van der Waals surface area contributed by atoms with Gasteiger partial charge in [-0.2, -0.15) is 0 Å². The summed E-state index contributed by atoms with van der Waals surface area (Å²) in [5, 5.41) is 23.2. The van der Waals surface area contributed by atoms with Gasteiger partial charge in [0, 0.05) is 17.6 Å². The number of benzene rings is 2. The molecule has 27 heavy (non-hydrogen) atoms. The Morgan fingerprint density at radius 1 is 1.30 bits per heavy atom. The average molecular weight is 392 g/mol. The number of fused-ring (bicyclic) bond motifs is 1. The van der Waals surface area contributed by atoms with Crippen LogP contribution in [0, 0.1) is 0 Å². The maximum absolute atomic E-state index is 11.0. The molecule has 0 radical (unpaired) electrons. The highest BCUT2D eigenvalue weighted by molar-refractivity contribution is 6.30. The van der Waals surface area contributed by atoms with E-state index in [1.807, 2.05) is 31.2 Å². The fourth-order valence-electron chi connectivity index (χ4n) is 2.93. The fraction of sp³-hybridized carbons (Fsp3) is 0.350. The first-order valence-electron chi connectivity index (χ1n) is 8.74. The summed E-state index contributed by atoms with van der Waals surface area (Å²) in [5.41, 5.74) is 1.80. The predicted octanol–water partition coefficient (Wildman–Crippen LogP) is 2.82. The molecule has 3 N–H and O–H groups in total. The van der Waals surface area contributed by atoms with Crippen LogP contribution in [0.25, 0.3) is 0 Å². The third kappa shape index (κ3) is 5.13. The zero-order valence-corrected chi connectivity index (χ0v) is 15.6. The molecule has 6 nitrogen and oxygen atoms in total. The molecule has 0 spiro atoms. The highest BCUT2D eigenvalue weighted by Crippen LogP contribution is 2.33. The van der Waals surface area contributed by atoms with Crippen LogP contribution in [0.3, 0.4) is 0 Å². The number of carboxylic acid groups (broad SMARTS) is 1. The molecule has 144 valence electrons. The Morgan fingerprint density at radius 3 is 2.85 bits per heavy atom. The van der Waals surface area contributed by atoms with Gasteiger partial charge in [0.25, 0.3) is 0 Å². The van der Waals surface area contributed by atoms with Crippen molar-refractivity contribution in [3.8, 4) is 11.5 Å². The Bertz CT molecular complexity index is 813. The standard InChI is InChI=1S/C20H22ClNO5/c1-12(22-10-16(23)14-3-2-4-15(21)9-14)7-13-5-6-17-18(8-13)26-11-19(27-17)20(24)25/h2-6,8-9,12,16,19,22-23H,7,10-11H2,1H3,(H,24,25)/t12-,16+,19?/m1/s1. The smallest absolute Gasteiger partial charge is 0.348 e. The topological polar surface area (TPSA) is 88.0 Å². The molecule has 0 fully saturated rings. The van der Waals surface area contributed by atoms with Gasteiger partial charge >= 0.3 is 5.97 Å². The van der Waals surface area contributed by atoms with E-state index in [0.29, 0.717) is 23.1 Å². The Morgan fingerprint density at radius 2 is 2.11 bits per heavy atom. The zero-order chi connectivity index (χ0) is 19.4. The molecule has 0 saturated carbocycles. The number of aliphatic hydroxyl groups is 1. The molecule has 3 rings (SSSR count). The quantitative estimate of drug-likeness (QED) is 0.672. The molecule has 7 heteroatoms. The third-order valence-corrected chi connectivity index (χ3v) is 4.61. The molecule has 0 aliphatic carbocycles. The number of halogens is 1. The second-order valence-corrected chi connectivity index (χ2v) is 7.06. The van der Waals surface area contributed by atoms with Crippen LogP contribution in [0.1, 0.15) is 24.2 Å². The van der Waals surface area contributed by atoms with Gasteiger partial charge in [-0.15, -0.1) is 0 Å². The van der Waals surface area contributed by atoms with Crippen LogP contribution in [0.5, 0.6) is 11.5 Å². The number of rotatable bonds is 7. The minimum atomic E-state index is -1.04. The van der Waals surface area contributed by atoms with E-state index in [1.165, 1.54) is 0 Å². The first kappa shape index (κ1) is 19.5. The van der Waals surface area contributed by atoms with Crippen molar-refractivity contribution >= 4 is 17.6 Å². The molecule has 0 bridgehead atoms. The maximum Gasteiger partial charge on any atom is 0.348 e. The van der Waals surface area contributed by atoms with Crippen molar-refractivity contribution in [1.29, 1.82) is 0 Å². The van der Waals surface area contributed by atoms with Gasteiger partial charge < -0.3 is 25.0 Å². The molecular weight excluding hydrogens is 370 g/mol. The maximum atomic E-state index is 11.0. The van der Waals surface area contributed by atoms with Gasteiger partial charge in [0.1, 0.15) is 6.61 Å². The van der Waals surface area contributed by atoms with E-state index >= 15 is 0 Å². The molecule has 0 saturated heterocycles. The second kappa shape index (κ2) is 8.61. The minimum Gasteiger partial charge on any atom is -0.485 e. The van der Waals surface area contributed by atoms with Crippen molar-refractivity contribution in [3.63, 3.8) is 0 Å². The van der Waals surface area contributed by atoms with Crippen LogP contribution in [0.15, 0.2) is 42.5 Å². The first-order valence-corrected chi connectivity index (χ1v) is 9.12. The van der Waals surface area contributed by atoms with Crippen LogP contribution < -0.4 is 14.8 Å². The lowest BCUT2D eigenvalue weighted by Crippen LogP contribution is -2.36. The Hall–Kier alpha value is -2.28. The second-order valence-electron chi connectivity index (χ2n) is 6.62. The van der Waals surface area contributed by atoms with Gasteiger partial charge in [0.2, 0.25) is 6.10 Å². The molecule has 1 aliphatic rings. The number of hydrogen-bond acceptors (Lipinski definition) is 5. The Balaban J connectivity index is 1.54. The summed E-state index contributed by atoms with van der Waals surface area (Å²) >= 11 is 5.96. The molecule has 1 heterocycles. The number of aliphatic carboxylic acids is 1. The Kier molecular flexibility index (Phi) is 6.21. The van der Waals surface area contributed by atoms with Crippen molar-refractivity contribution in [2.24, 2.45) is 0 Å². The highest BCUT2D eigenvalue weighted by atomic mass is 35.5. The van der Waals surface area contributed by atoms with E-state index in [2.05, 4.69) is 5.32 Å². The Labute approximate surface area is 162 Å². The van der Waals surface area contributed by atoms with Crippen LogP contribution in [-0.4, -0.2) is 41.5 Å². The van der Waals surface area contributed by atoms with Crippen LogP contribution >= 0.6 is 11.6 Å². The molecule has 0 aromatic heterocycles. The van der Waals surface area contributed by atoms with E-state index in [1.54, 1.807) is 18.2 Å². The summed E-state index contributed by atoms with van der Waals surface area (Å²) in [6, 6.07) is 12.8. The number of hydrogen-bond donors (Lipinski definition) is 3. The SMILES string of the molecule is C[C@H](Cc1ccc2c(c1)OCC(C(=O)O)O2)NC[C@H](O)c1cccc(Cl)c1. The summed E-state index contributed by atoms with van der Waals surface area (Å²) in [5.74, 6) is -0.0497. The fourth-order valence-corrected chi connectivity index (χ4v) is 3.13. The minimum absolute atomic E-state index is 0.00851. The summed E-state index contributed by atoms with van der Waals surface area (Å²) in [6.07, 6.45) is -0.891. The molecule has 0 amide bonds. The van der Waals surface area contributed by atoms with E-state index in [0.717, 1.165) is 17.5 Å². The van der Waals surface area contributed by atoms with Gasteiger partial charge in [-0.3, -0.25) is 0 Å². The van der Waals surface area contributed by atoms with E-state index in [9.17, 15) is 9.90 Å². The summed E-state index contributed by atoms with van der Waals surface area (Å²) in [7, 11) is 0. The molecular formula is C20H22ClNO5. The summed E-state index contributed by atoms with van der Waals surface area (Å²) in [6.45, 7) is 2.43. The van der Waals surface area contributed by atoms with Crippen molar-refractivity contribution < 1.29 is 24.5 Å². The van der Waals surface area contributed by atoms with E-state index in [-0.39, 0.29) is 12.6 Å². The monoisotopic (exact) mass is 391 g/mol. The summed E-state index contributed by atoms with van der Waals surface area (Å²) < 4.78 is 10.9. The van der Waals surface area contributed by atoms with Crippen LogP contribution in [0.4, 0.5) is 0 Å². The molecule has 2 aromatic rings. The predicted molar refractivity (Wildman–Crippen MR) is 102 cm³/mol. The number of aliphatic hydroxyl groups excluding tert-OH is 1.